The Hall–Kier alpha value is -3.39. The van der Waals surface area contributed by atoms with Crippen molar-refractivity contribution < 1.29 is 19.4 Å². The van der Waals surface area contributed by atoms with Gasteiger partial charge in [0.15, 0.2) is 11.5 Å². The smallest absolute Gasteiger partial charge is 0.320 e. The second-order valence-electron chi connectivity index (χ2n) is 6.21. The summed E-state index contributed by atoms with van der Waals surface area (Å²) in [6, 6.07) is 10.2. The average molecular weight is 366 g/mol. The normalized spacial score (nSPS) is 14.0. The van der Waals surface area contributed by atoms with E-state index in [2.05, 4.69) is 15.3 Å². The SMILES string of the molecule is N[C@@H](Cc1ccc(Nc2ncnc3cc4c(cc23)OCCO4)cc1)C(=O)O. The summed E-state index contributed by atoms with van der Waals surface area (Å²) < 4.78 is 11.2. The molecule has 1 atom stereocenters. The number of anilines is 2. The van der Waals surface area contributed by atoms with Gasteiger partial charge in [-0.25, -0.2) is 9.97 Å². The molecule has 138 valence electrons. The minimum atomic E-state index is -1.01. The van der Waals surface area contributed by atoms with E-state index in [1.807, 2.05) is 36.4 Å². The molecule has 0 saturated carbocycles. The van der Waals surface area contributed by atoms with Gasteiger partial charge in [-0.3, -0.25) is 4.79 Å². The van der Waals surface area contributed by atoms with Gasteiger partial charge in [0.05, 0.1) is 5.52 Å². The third kappa shape index (κ3) is 3.61. The molecule has 0 fully saturated rings. The first kappa shape index (κ1) is 17.0. The summed E-state index contributed by atoms with van der Waals surface area (Å²) >= 11 is 0. The Labute approximate surface area is 155 Å². The molecule has 2 heterocycles. The Kier molecular flexibility index (Phi) is 4.47. The van der Waals surface area contributed by atoms with Crippen LogP contribution in [0.4, 0.5) is 11.5 Å². The molecule has 3 aromatic rings. The van der Waals surface area contributed by atoms with E-state index in [1.165, 1.54) is 6.33 Å². The molecular formula is C19H18N4O4. The van der Waals surface area contributed by atoms with Crippen molar-refractivity contribution in [1.82, 2.24) is 9.97 Å². The fraction of sp³-hybridized carbons (Fsp3) is 0.211. The van der Waals surface area contributed by atoms with Crippen molar-refractivity contribution in [2.45, 2.75) is 12.5 Å². The van der Waals surface area contributed by atoms with Gasteiger partial charge in [-0.2, -0.15) is 0 Å². The van der Waals surface area contributed by atoms with Crippen LogP contribution in [-0.2, 0) is 11.2 Å². The van der Waals surface area contributed by atoms with Gasteiger partial charge in [-0.1, -0.05) is 12.1 Å². The van der Waals surface area contributed by atoms with Gasteiger partial charge in [0.1, 0.15) is 31.4 Å². The third-order valence-electron chi connectivity index (χ3n) is 4.29. The van der Waals surface area contributed by atoms with E-state index in [-0.39, 0.29) is 6.42 Å². The van der Waals surface area contributed by atoms with Crippen molar-refractivity contribution in [2.75, 3.05) is 18.5 Å². The van der Waals surface area contributed by atoms with Gasteiger partial charge in [0, 0.05) is 17.1 Å². The van der Waals surface area contributed by atoms with Crippen LogP contribution in [0.2, 0.25) is 0 Å². The van der Waals surface area contributed by atoms with Crippen LogP contribution in [0.5, 0.6) is 11.5 Å². The predicted molar refractivity (Wildman–Crippen MR) is 99.6 cm³/mol. The van der Waals surface area contributed by atoms with Crippen molar-refractivity contribution in [3.05, 3.63) is 48.3 Å². The van der Waals surface area contributed by atoms with Crippen molar-refractivity contribution in [3.63, 3.8) is 0 Å². The van der Waals surface area contributed by atoms with E-state index in [1.54, 1.807) is 0 Å². The lowest BCUT2D eigenvalue weighted by atomic mass is 10.1. The molecule has 0 amide bonds. The van der Waals surface area contributed by atoms with Crippen molar-refractivity contribution >= 4 is 28.4 Å². The largest absolute Gasteiger partial charge is 0.486 e. The summed E-state index contributed by atoms with van der Waals surface area (Å²) in [7, 11) is 0. The molecule has 4 N–H and O–H groups in total. The summed E-state index contributed by atoms with van der Waals surface area (Å²) in [5.74, 6) is 0.980. The number of carboxylic acids is 1. The number of hydrogen-bond donors (Lipinski definition) is 3. The molecule has 0 aliphatic carbocycles. The maximum atomic E-state index is 10.9. The van der Waals surface area contributed by atoms with Gasteiger partial charge in [-0.05, 0) is 30.2 Å². The van der Waals surface area contributed by atoms with Crippen LogP contribution >= 0.6 is 0 Å². The lowest BCUT2D eigenvalue weighted by Gasteiger charge is -2.19. The minimum absolute atomic E-state index is 0.273. The number of fused-ring (bicyclic) bond motifs is 2. The molecule has 0 spiro atoms. The summed E-state index contributed by atoms with van der Waals surface area (Å²) in [6.07, 6.45) is 1.76. The molecule has 27 heavy (non-hydrogen) atoms. The number of aliphatic carboxylic acids is 1. The molecule has 0 saturated heterocycles. The van der Waals surface area contributed by atoms with Gasteiger partial charge in [-0.15, -0.1) is 0 Å². The molecule has 0 bridgehead atoms. The molecule has 0 unspecified atom stereocenters. The Balaban J connectivity index is 1.59. The molecule has 1 aliphatic rings. The molecule has 8 nitrogen and oxygen atoms in total. The van der Waals surface area contributed by atoms with Crippen LogP contribution in [-0.4, -0.2) is 40.3 Å². The highest BCUT2D eigenvalue weighted by molar-refractivity contribution is 5.93. The third-order valence-corrected chi connectivity index (χ3v) is 4.29. The Morgan fingerprint density at radius 1 is 1.15 bits per heavy atom. The van der Waals surface area contributed by atoms with Crippen molar-refractivity contribution in [1.29, 1.82) is 0 Å². The van der Waals surface area contributed by atoms with Gasteiger partial charge >= 0.3 is 5.97 Å². The number of nitrogens with zero attached hydrogens (tertiary/aromatic N) is 2. The first-order chi connectivity index (χ1) is 13.1. The van der Waals surface area contributed by atoms with Gasteiger partial charge < -0.3 is 25.6 Å². The number of benzene rings is 2. The van der Waals surface area contributed by atoms with E-state index in [9.17, 15) is 4.79 Å². The number of ether oxygens (including phenoxy) is 2. The second-order valence-corrected chi connectivity index (χ2v) is 6.21. The number of carbonyl (C=O) groups is 1. The number of nitrogens with two attached hydrogens (primary N) is 1. The summed E-state index contributed by atoms with van der Waals surface area (Å²) in [5.41, 5.74) is 7.99. The standard InChI is InChI=1S/C19H18N4O4/c20-14(19(24)25)7-11-1-3-12(4-2-11)23-18-13-8-16-17(27-6-5-26-16)9-15(13)21-10-22-18/h1-4,8-10,14H,5-7,20H2,(H,24,25)(H,21,22,23)/t14-/m0/s1. The zero-order valence-corrected chi connectivity index (χ0v) is 14.4. The van der Waals surface area contributed by atoms with E-state index in [0.29, 0.717) is 30.5 Å². The molecule has 2 aromatic carbocycles. The highest BCUT2D eigenvalue weighted by Gasteiger charge is 2.16. The Morgan fingerprint density at radius 2 is 1.85 bits per heavy atom. The summed E-state index contributed by atoms with van der Waals surface area (Å²) in [6.45, 7) is 1.03. The molecular weight excluding hydrogens is 348 g/mol. The van der Waals surface area contributed by atoms with Crippen LogP contribution in [0.3, 0.4) is 0 Å². The highest BCUT2D eigenvalue weighted by Crippen LogP contribution is 2.36. The number of carboxylic acid groups (broad SMARTS) is 1. The van der Waals surface area contributed by atoms with Crippen LogP contribution in [0.25, 0.3) is 10.9 Å². The summed E-state index contributed by atoms with van der Waals surface area (Å²) in [4.78, 5) is 19.5. The summed E-state index contributed by atoms with van der Waals surface area (Å²) in [5, 5.41) is 13.0. The van der Waals surface area contributed by atoms with Crippen LogP contribution < -0.4 is 20.5 Å². The fourth-order valence-corrected chi connectivity index (χ4v) is 2.89. The minimum Gasteiger partial charge on any atom is -0.486 e. The topological polar surface area (TPSA) is 120 Å². The second kappa shape index (κ2) is 7.08. The molecule has 4 rings (SSSR count). The van der Waals surface area contributed by atoms with Crippen LogP contribution in [0.1, 0.15) is 5.56 Å². The lowest BCUT2D eigenvalue weighted by Crippen LogP contribution is -2.32. The van der Waals surface area contributed by atoms with Gasteiger partial charge in [0.2, 0.25) is 0 Å². The zero-order valence-electron chi connectivity index (χ0n) is 14.4. The van der Waals surface area contributed by atoms with E-state index >= 15 is 0 Å². The number of aromatic nitrogens is 2. The quantitative estimate of drug-likeness (QED) is 0.628. The average Bonchev–Trinajstić information content (AvgIpc) is 2.68. The highest BCUT2D eigenvalue weighted by atomic mass is 16.6. The van der Waals surface area contributed by atoms with Crippen LogP contribution in [0, 0.1) is 0 Å². The molecule has 1 aromatic heterocycles. The first-order valence-electron chi connectivity index (χ1n) is 8.49. The molecule has 1 aliphatic heterocycles. The number of hydrogen-bond acceptors (Lipinski definition) is 7. The first-order valence-corrected chi connectivity index (χ1v) is 8.49. The van der Waals surface area contributed by atoms with Crippen molar-refractivity contribution in [3.8, 4) is 11.5 Å². The lowest BCUT2D eigenvalue weighted by molar-refractivity contribution is -0.138. The van der Waals surface area contributed by atoms with Gasteiger partial charge in [0.25, 0.3) is 0 Å². The maximum absolute atomic E-state index is 10.9. The Bertz CT molecular complexity index is 991. The van der Waals surface area contributed by atoms with E-state index in [4.69, 9.17) is 20.3 Å². The van der Waals surface area contributed by atoms with Crippen LogP contribution in [0.15, 0.2) is 42.7 Å². The predicted octanol–water partition coefficient (Wildman–Crippen LogP) is 2.10. The fourth-order valence-electron chi connectivity index (χ4n) is 2.89. The van der Waals surface area contributed by atoms with Crippen molar-refractivity contribution in [2.24, 2.45) is 5.73 Å². The Morgan fingerprint density at radius 3 is 2.56 bits per heavy atom. The van der Waals surface area contributed by atoms with E-state index < -0.39 is 12.0 Å². The molecule has 0 radical (unpaired) electrons. The maximum Gasteiger partial charge on any atom is 0.320 e. The monoisotopic (exact) mass is 366 g/mol. The molecule has 8 heteroatoms. The number of rotatable bonds is 5. The van der Waals surface area contributed by atoms with E-state index in [0.717, 1.165) is 22.2 Å². The number of nitrogens with one attached hydrogen (secondary N) is 1. The zero-order chi connectivity index (χ0) is 18.8.